The van der Waals surface area contributed by atoms with E-state index < -0.39 is 11.7 Å². The smallest absolute Gasteiger partial charge is 0.260 e. The number of hydrogen-bond acceptors (Lipinski definition) is 4. The lowest BCUT2D eigenvalue weighted by Crippen LogP contribution is -2.13. The maximum atomic E-state index is 13.8. The molecule has 0 bridgehead atoms. The number of amides is 2. The molecule has 0 saturated carbocycles. The highest BCUT2D eigenvalue weighted by Gasteiger charge is 2.14. The van der Waals surface area contributed by atoms with Crippen LogP contribution in [0.4, 0.5) is 15.2 Å². The Morgan fingerprint density at radius 3 is 2.71 bits per heavy atom. The third-order valence-corrected chi connectivity index (χ3v) is 4.53. The van der Waals surface area contributed by atoms with Gasteiger partial charge in [-0.2, -0.15) is 0 Å². The average Bonchev–Trinajstić information content (AvgIpc) is 2.90. The molecule has 3 rings (SSSR count). The first kappa shape index (κ1) is 16.5. The van der Waals surface area contributed by atoms with Gasteiger partial charge in [0.05, 0.1) is 15.8 Å². The van der Waals surface area contributed by atoms with E-state index in [9.17, 15) is 14.0 Å². The summed E-state index contributed by atoms with van der Waals surface area (Å²) in [5, 5.41) is 5.64. The van der Waals surface area contributed by atoms with Crippen LogP contribution in [0.2, 0.25) is 0 Å². The molecule has 0 atom stereocenters. The summed E-state index contributed by atoms with van der Waals surface area (Å²) < 4.78 is 15.2. The van der Waals surface area contributed by atoms with Crippen LogP contribution in [-0.2, 0) is 4.79 Å². The monoisotopic (exact) mass is 407 g/mol. The minimum absolute atomic E-state index is 0.0671. The van der Waals surface area contributed by atoms with Crippen LogP contribution in [-0.4, -0.2) is 16.8 Å². The molecule has 2 amide bonds. The summed E-state index contributed by atoms with van der Waals surface area (Å²) in [7, 11) is 0. The number of halogens is 2. The summed E-state index contributed by atoms with van der Waals surface area (Å²) in [6.07, 6.45) is 0. The highest BCUT2D eigenvalue weighted by molar-refractivity contribution is 9.10. The molecule has 0 radical (unpaired) electrons. The normalized spacial score (nSPS) is 10.6. The molecule has 0 unspecified atom stereocenters. The Kier molecular flexibility index (Phi) is 4.59. The second-order valence-electron chi connectivity index (χ2n) is 4.96. The van der Waals surface area contributed by atoms with Gasteiger partial charge in [0, 0.05) is 17.1 Å². The van der Waals surface area contributed by atoms with Crippen molar-refractivity contribution in [2.24, 2.45) is 0 Å². The number of anilines is 2. The molecule has 24 heavy (non-hydrogen) atoms. The molecule has 0 aliphatic carbocycles. The summed E-state index contributed by atoms with van der Waals surface area (Å²) in [5.41, 5.74) is 1.26. The Morgan fingerprint density at radius 2 is 1.96 bits per heavy atom. The van der Waals surface area contributed by atoms with E-state index in [2.05, 4.69) is 31.5 Å². The molecule has 1 heterocycles. The summed E-state index contributed by atoms with van der Waals surface area (Å²) in [4.78, 5) is 27.6. The van der Waals surface area contributed by atoms with Gasteiger partial charge in [-0.05, 0) is 36.4 Å². The quantitative estimate of drug-likeness (QED) is 0.675. The molecule has 2 aromatic carbocycles. The summed E-state index contributed by atoms with van der Waals surface area (Å²) in [5.74, 6) is -1.35. The number of rotatable bonds is 3. The standard InChI is InChI=1S/C16H11BrFN3O2S/c1-8(22)19-10-3-5-13-14(7-10)24-16(20-13)21-15(23)11-6-9(17)2-4-12(11)18/h2-7H,1H3,(H,19,22)(H,20,21,23). The van der Waals surface area contributed by atoms with Crippen LogP contribution in [0.15, 0.2) is 40.9 Å². The Bertz CT molecular complexity index is 958. The zero-order chi connectivity index (χ0) is 17.3. The zero-order valence-corrected chi connectivity index (χ0v) is 14.8. The van der Waals surface area contributed by atoms with E-state index in [0.29, 0.717) is 20.8 Å². The number of fused-ring (bicyclic) bond motifs is 1. The van der Waals surface area contributed by atoms with Crippen LogP contribution >= 0.6 is 27.3 Å². The van der Waals surface area contributed by atoms with Crippen LogP contribution in [0.1, 0.15) is 17.3 Å². The highest BCUT2D eigenvalue weighted by atomic mass is 79.9. The number of aromatic nitrogens is 1. The Morgan fingerprint density at radius 1 is 1.17 bits per heavy atom. The fourth-order valence-corrected chi connectivity index (χ4v) is 3.36. The topological polar surface area (TPSA) is 71.1 Å². The van der Waals surface area contributed by atoms with Gasteiger partial charge in [0.15, 0.2) is 5.13 Å². The van der Waals surface area contributed by atoms with E-state index in [1.54, 1.807) is 18.2 Å². The van der Waals surface area contributed by atoms with E-state index >= 15 is 0 Å². The number of nitrogens with one attached hydrogen (secondary N) is 2. The second kappa shape index (κ2) is 6.66. The number of nitrogens with zero attached hydrogens (tertiary/aromatic N) is 1. The molecule has 8 heteroatoms. The van der Waals surface area contributed by atoms with Gasteiger partial charge in [0.1, 0.15) is 5.82 Å². The molecule has 0 aliphatic rings. The Balaban J connectivity index is 1.86. The fraction of sp³-hybridized carbons (Fsp3) is 0.0625. The molecule has 0 fully saturated rings. The molecular weight excluding hydrogens is 397 g/mol. The van der Waals surface area contributed by atoms with E-state index in [4.69, 9.17) is 0 Å². The van der Waals surface area contributed by atoms with Crippen LogP contribution in [0.25, 0.3) is 10.2 Å². The zero-order valence-electron chi connectivity index (χ0n) is 12.4. The van der Waals surface area contributed by atoms with Gasteiger partial charge >= 0.3 is 0 Å². The first-order valence-corrected chi connectivity index (χ1v) is 8.48. The van der Waals surface area contributed by atoms with Gasteiger partial charge in [-0.25, -0.2) is 9.37 Å². The van der Waals surface area contributed by atoms with Crippen LogP contribution in [0, 0.1) is 5.82 Å². The van der Waals surface area contributed by atoms with Crippen molar-refractivity contribution < 1.29 is 14.0 Å². The molecule has 3 aromatic rings. The molecule has 0 saturated heterocycles. The van der Waals surface area contributed by atoms with Crippen LogP contribution < -0.4 is 10.6 Å². The lowest BCUT2D eigenvalue weighted by atomic mass is 10.2. The van der Waals surface area contributed by atoms with Gasteiger partial charge in [-0.1, -0.05) is 27.3 Å². The minimum atomic E-state index is -0.607. The third-order valence-electron chi connectivity index (χ3n) is 3.10. The number of thiazole rings is 1. The largest absolute Gasteiger partial charge is 0.326 e. The molecule has 0 spiro atoms. The minimum Gasteiger partial charge on any atom is -0.326 e. The first-order chi connectivity index (χ1) is 11.4. The van der Waals surface area contributed by atoms with E-state index in [1.807, 2.05) is 0 Å². The molecule has 2 N–H and O–H groups in total. The molecule has 5 nitrogen and oxygen atoms in total. The average molecular weight is 408 g/mol. The van der Waals surface area contributed by atoms with E-state index in [0.717, 1.165) is 4.70 Å². The maximum absolute atomic E-state index is 13.8. The van der Waals surface area contributed by atoms with Crippen molar-refractivity contribution in [1.29, 1.82) is 0 Å². The number of carbonyl (C=O) groups is 2. The number of benzene rings is 2. The highest BCUT2D eigenvalue weighted by Crippen LogP contribution is 2.29. The summed E-state index contributed by atoms with van der Waals surface area (Å²) in [6.45, 7) is 1.43. The van der Waals surface area contributed by atoms with Gasteiger partial charge in [0.2, 0.25) is 5.91 Å². The van der Waals surface area contributed by atoms with Crippen molar-refractivity contribution in [2.45, 2.75) is 6.92 Å². The lowest BCUT2D eigenvalue weighted by Gasteiger charge is -2.03. The fourth-order valence-electron chi connectivity index (χ4n) is 2.10. The Labute approximate surface area is 149 Å². The number of hydrogen-bond donors (Lipinski definition) is 2. The molecule has 122 valence electrons. The molecular formula is C16H11BrFN3O2S. The Hall–Kier alpha value is -2.32. The summed E-state index contributed by atoms with van der Waals surface area (Å²) >= 11 is 4.45. The maximum Gasteiger partial charge on any atom is 0.260 e. The SMILES string of the molecule is CC(=O)Nc1ccc2nc(NC(=O)c3cc(Br)ccc3F)sc2c1. The van der Waals surface area contributed by atoms with Crippen molar-refractivity contribution in [3.05, 3.63) is 52.3 Å². The van der Waals surface area contributed by atoms with Gasteiger partial charge in [-0.15, -0.1) is 0 Å². The van der Waals surface area contributed by atoms with Crippen molar-refractivity contribution in [3.63, 3.8) is 0 Å². The van der Waals surface area contributed by atoms with Crippen LogP contribution in [0.5, 0.6) is 0 Å². The summed E-state index contributed by atoms with van der Waals surface area (Å²) in [6, 6.07) is 9.39. The second-order valence-corrected chi connectivity index (χ2v) is 6.91. The van der Waals surface area contributed by atoms with Crippen molar-refractivity contribution in [3.8, 4) is 0 Å². The first-order valence-electron chi connectivity index (χ1n) is 6.87. The lowest BCUT2D eigenvalue weighted by molar-refractivity contribution is -0.114. The van der Waals surface area contributed by atoms with E-state index in [1.165, 1.54) is 36.5 Å². The van der Waals surface area contributed by atoms with Gasteiger partial charge < -0.3 is 5.32 Å². The van der Waals surface area contributed by atoms with Gasteiger partial charge in [0.25, 0.3) is 5.91 Å². The van der Waals surface area contributed by atoms with Crippen molar-refractivity contribution >= 4 is 60.1 Å². The predicted molar refractivity (Wildman–Crippen MR) is 96.0 cm³/mol. The predicted octanol–water partition coefficient (Wildman–Crippen LogP) is 4.41. The van der Waals surface area contributed by atoms with Crippen LogP contribution in [0.3, 0.4) is 0 Å². The third kappa shape index (κ3) is 3.60. The molecule has 0 aliphatic heterocycles. The van der Waals surface area contributed by atoms with Crippen molar-refractivity contribution in [1.82, 2.24) is 4.98 Å². The molecule has 1 aromatic heterocycles. The van der Waals surface area contributed by atoms with E-state index in [-0.39, 0.29) is 11.5 Å². The number of carbonyl (C=O) groups excluding carboxylic acids is 2. The van der Waals surface area contributed by atoms with Crippen molar-refractivity contribution in [2.75, 3.05) is 10.6 Å². The van der Waals surface area contributed by atoms with Gasteiger partial charge in [-0.3, -0.25) is 14.9 Å².